The number of H-pyrrole nitrogens is 1. The lowest BCUT2D eigenvalue weighted by Crippen LogP contribution is -2.47. The van der Waals surface area contributed by atoms with Gasteiger partial charge in [0.25, 0.3) is 0 Å². The molecule has 0 spiro atoms. The molecule has 19 heavy (non-hydrogen) atoms. The fourth-order valence-corrected chi connectivity index (χ4v) is 1.91. The van der Waals surface area contributed by atoms with E-state index >= 15 is 0 Å². The summed E-state index contributed by atoms with van der Waals surface area (Å²) >= 11 is 0. The molecule has 0 aliphatic heterocycles. The summed E-state index contributed by atoms with van der Waals surface area (Å²) in [5, 5.41) is 0. The number of likely N-dealkylation sites (N-methyl/N-ethyl adjacent to an activating group) is 1. The summed E-state index contributed by atoms with van der Waals surface area (Å²) in [5.41, 5.74) is 8.28. The number of oxazole rings is 1. The van der Waals surface area contributed by atoms with Crippen LogP contribution in [0.25, 0.3) is 11.1 Å². The Labute approximate surface area is 112 Å². The number of hydrogen-bond donors (Lipinski definition) is 2. The zero-order chi connectivity index (χ0) is 14.0. The molecule has 104 valence electrons. The van der Waals surface area contributed by atoms with Gasteiger partial charge < -0.3 is 10.2 Å². The van der Waals surface area contributed by atoms with E-state index in [2.05, 4.69) is 30.8 Å². The highest BCUT2D eigenvalue weighted by Gasteiger charge is 2.20. The van der Waals surface area contributed by atoms with Crippen LogP contribution in [0.5, 0.6) is 0 Å². The Balaban J connectivity index is 2.07. The van der Waals surface area contributed by atoms with Crippen LogP contribution >= 0.6 is 0 Å². The van der Waals surface area contributed by atoms with Gasteiger partial charge in [0.15, 0.2) is 5.58 Å². The Bertz CT molecular complexity index is 612. The van der Waals surface area contributed by atoms with Gasteiger partial charge in [0.1, 0.15) is 0 Å². The lowest BCUT2D eigenvalue weighted by molar-refractivity contribution is 0.166. The summed E-state index contributed by atoms with van der Waals surface area (Å²) < 4.78 is 4.98. The van der Waals surface area contributed by atoms with Gasteiger partial charge in [0.2, 0.25) is 0 Å². The minimum absolute atomic E-state index is 0.00590. The maximum atomic E-state index is 11.1. The molecule has 0 aliphatic carbocycles. The smallest absolute Gasteiger partial charge is 0.408 e. The minimum atomic E-state index is -0.409. The number of aromatic nitrogens is 1. The third kappa shape index (κ3) is 3.05. The van der Waals surface area contributed by atoms with Crippen molar-refractivity contribution in [3.8, 4) is 0 Å². The maximum Gasteiger partial charge on any atom is 0.417 e. The van der Waals surface area contributed by atoms with Crippen molar-refractivity contribution in [2.45, 2.75) is 25.8 Å². The molecular weight excluding hydrogens is 242 g/mol. The lowest BCUT2D eigenvalue weighted by atomic mass is 10.0. The van der Waals surface area contributed by atoms with Crippen LogP contribution in [0.2, 0.25) is 0 Å². The van der Waals surface area contributed by atoms with E-state index in [9.17, 15) is 4.79 Å². The van der Waals surface area contributed by atoms with Crippen molar-refractivity contribution in [2.24, 2.45) is 5.73 Å². The molecule has 5 nitrogen and oxygen atoms in total. The summed E-state index contributed by atoms with van der Waals surface area (Å²) in [7, 11) is 2.07. The van der Waals surface area contributed by atoms with Gasteiger partial charge in [0.05, 0.1) is 5.52 Å². The van der Waals surface area contributed by atoms with Crippen LogP contribution in [0.4, 0.5) is 0 Å². The van der Waals surface area contributed by atoms with Gasteiger partial charge >= 0.3 is 5.76 Å². The van der Waals surface area contributed by atoms with E-state index in [4.69, 9.17) is 10.2 Å². The molecule has 0 atom stereocenters. The zero-order valence-electron chi connectivity index (χ0n) is 11.7. The van der Waals surface area contributed by atoms with Crippen LogP contribution in [0, 0.1) is 0 Å². The van der Waals surface area contributed by atoms with E-state index in [0.29, 0.717) is 12.1 Å². The van der Waals surface area contributed by atoms with Crippen molar-refractivity contribution in [2.75, 3.05) is 20.1 Å². The van der Waals surface area contributed by atoms with E-state index in [-0.39, 0.29) is 5.54 Å². The number of nitrogens with one attached hydrogen (secondary N) is 1. The predicted octanol–water partition coefficient (Wildman–Crippen LogP) is 1.33. The Hall–Kier alpha value is -1.59. The Morgan fingerprint density at radius 1 is 1.42 bits per heavy atom. The van der Waals surface area contributed by atoms with Crippen molar-refractivity contribution in [1.29, 1.82) is 0 Å². The molecule has 1 aromatic heterocycles. The van der Waals surface area contributed by atoms with Crippen LogP contribution in [0.3, 0.4) is 0 Å². The molecule has 0 fully saturated rings. The van der Waals surface area contributed by atoms with Crippen LogP contribution in [-0.4, -0.2) is 35.6 Å². The third-order valence-corrected chi connectivity index (χ3v) is 3.75. The second kappa shape index (κ2) is 5.19. The average molecular weight is 263 g/mol. The van der Waals surface area contributed by atoms with E-state index < -0.39 is 5.76 Å². The quantitative estimate of drug-likeness (QED) is 0.853. The monoisotopic (exact) mass is 263 g/mol. The SMILES string of the molecule is CN(CCc1ccc2oc(=O)[nH]c2c1)C(C)(C)CN. The van der Waals surface area contributed by atoms with Crippen LogP contribution in [-0.2, 0) is 6.42 Å². The molecular formula is C14H21N3O2. The third-order valence-electron chi connectivity index (χ3n) is 3.75. The van der Waals surface area contributed by atoms with E-state index in [1.807, 2.05) is 18.2 Å². The van der Waals surface area contributed by atoms with Gasteiger partial charge in [0, 0.05) is 18.6 Å². The minimum Gasteiger partial charge on any atom is -0.408 e. The molecule has 5 heteroatoms. The summed E-state index contributed by atoms with van der Waals surface area (Å²) in [4.78, 5) is 16.0. The summed E-state index contributed by atoms with van der Waals surface area (Å²) in [6, 6.07) is 5.78. The van der Waals surface area contributed by atoms with E-state index in [1.54, 1.807) is 0 Å². The molecule has 0 unspecified atom stereocenters. The fourth-order valence-electron chi connectivity index (χ4n) is 1.91. The number of benzene rings is 1. The van der Waals surface area contributed by atoms with E-state index in [0.717, 1.165) is 18.5 Å². The van der Waals surface area contributed by atoms with Crippen LogP contribution < -0.4 is 11.5 Å². The Morgan fingerprint density at radius 2 is 2.16 bits per heavy atom. The van der Waals surface area contributed by atoms with Gasteiger partial charge in [-0.1, -0.05) is 6.07 Å². The number of rotatable bonds is 5. The van der Waals surface area contributed by atoms with Gasteiger partial charge in [-0.25, -0.2) is 4.79 Å². The molecule has 0 radical (unpaired) electrons. The van der Waals surface area contributed by atoms with Crippen molar-refractivity contribution in [3.05, 3.63) is 34.3 Å². The highest BCUT2D eigenvalue weighted by molar-refractivity contribution is 5.72. The lowest BCUT2D eigenvalue weighted by Gasteiger charge is -2.34. The average Bonchev–Trinajstić information content (AvgIpc) is 2.74. The first-order valence-corrected chi connectivity index (χ1v) is 6.45. The van der Waals surface area contributed by atoms with Crippen molar-refractivity contribution >= 4 is 11.1 Å². The largest absolute Gasteiger partial charge is 0.417 e. The summed E-state index contributed by atoms with van der Waals surface area (Å²) in [5.74, 6) is -0.409. The van der Waals surface area contributed by atoms with Gasteiger partial charge in [-0.05, 0) is 45.0 Å². The highest BCUT2D eigenvalue weighted by Crippen LogP contribution is 2.15. The molecule has 0 saturated carbocycles. The maximum absolute atomic E-state index is 11.1. The molecule has 1 aromatic carbocycles. The second-order valence-corrected chi connectivity index (χ2v) is 5.53. The van der Waals surface area contributed by atoms with Gasteiger partial charge in [-0.2, -0.15) is 0 Å². The number of fused-ring (bicyclic) bond motifs is 1. The fraction of sp³-hybridized carbons (Fsp3) is 0.500. The first-order valence-electron chi connectivity index (χ1n) is 6.45. The molecule has 0 bridgehead atoms. The zero-order valence-corrected chi connectivity index (χ0v) is 11.7. The van der Waals surface area contributed by atoms with Crippen molar-refractivity contribution in [3.63, 3.8) is 0 Å². The van der Waals surface area contributed by atoms with Gasteiger partial charge in [-0.3, -0.25) is 9.88 Å². The molecule has 0 saturated heterocycles. The predicted molar refractivity (Wildman–Crippen MR) is 76.3 cm³/mol. The molecule has 2 rings (SSSR count). The Kier molecular flexibility index (Phi) is 3.78. The van der Waals surface area contributed by atoms with Crippen molar-refractivity contribution in [1.82, 2.24) is 9.88 Å². The van der Waals surface area contributed by atoms with E-state index in [1.165, 1.54) is 5.56 Å². The number of nitrogens with two attached hydrogens (primary N) is 1. The summed E-state index contributed by atoms with van der Waals surface area (Å²) in [6.45, 7) is 5.79. The van der Waals surface area contributed by atoms with Crippen molar-refractivity contribution < 1.29 is 4.42 Å². The standard InChI is InChI=1S/C14H21N3O2/c1-14(2,9-15)17(3)7-6-10-4-5-12-11(8-10)16-13(18)19-12/h4-5,8H,6-7,9,15H2,1-3H3,(H,16,18). The van der Waals surface area contributed by atoms with Crippen LogP contribution in [0.15, 0.2) is 27.4 Å². The molecule has 0 aliphatic rings. The first-order chi connectivity index (χ1) is 8.92. The van der Waals surface area contributed by atoms with Gasteiger partial charge in [-0.15, -0.1) is 0 Å². The number of nitrogens with zero attached hydrogens (tertiary/aromatic N) is 1. The topological polar surface area (TPSA) is 75.3 Å². The molecule has 3 N–H and O–H groups in total. The molecule has 2 aromatic rings. The normalized spacial score (nSPS) is 12.5. The number of hydrogen-bond acceptors (Lipinski definition) is 4. The highest BCUT2D eigenvalue weighted by atomic mass is 16.4. The molecule has 1 heterocycles. The summed E-state index contributed by atoms with van der Waals surface area (Å²) in [6.07, 6.45) is 0.906. The number of aromatic amines is 1. The Morgan fingerprint density at radius 3 is 2.84 bits per heavy atom. The first kappa shape index (κ1) is 13.8. The van der Waals surface area contributed by atoms with Crippen LogP contribution in [0.1, 0.15) is 19.4 Å². The molecule has 0 amide bonds. The second-order valence-electron chi connectivity index (χ2n) is 5.53.